The zero-order chi connectivity index (χ0) is 13.2. The van der Waals surface area contributed by atoms with Crippen molar-refractivity contribution in [2.45, 2.75) is 20.8 Å². The quantitative estimate of drug-likeness (QED) is 0.477. The summed E-state index contributed by atoms with van der Waals surface area (Å²) in [6.07, 6.45) is 0. The van der Waals surface area contributed by atoms with Gasteiger partial charge in [-0.2, -0.15) is 53.1 Å². The Morgan fingerprint density at radius 2 is 0.579 bits per heavy atom. The molecule has 3 aromatic rings. The van der Waals surface area contributed by atoms with Gasteiger partial charge in [0.2, 0.25) is 0 Å². The molecule has 0 aromatic heterocycles. The molecule has 0 saturated heterocycles. The van der Waals surface area contributed by atoms with Crippen LogP contribution in [-0.2, 0) is 0 Å². The third-order valence-electron chi connectivity index (χ3n) is 2.49. The van der Waals surface area contributed by atoms with E-state index >= 15 is 0 Å². The fraction of sp³-hybridized carbons (Fsp3) is 0.167. The summed E-state index contributed by atoms with van der Waals surface area (Å²) < 4.78 is 0. The molecule has 0 fully saturated rings. The van der Waals surface area contributed by atoms with E-state index in [0.717, 1.165) is 0 Å². The van der Waals surface area contributed by atoms with Crippen LogP contribution in [0.4, 0.5) is 0 Å². The van der Waals surface area contributed by atoms with E-state index in [2.05, 4.69) is 57.2 Å². The first kappa shape index (κ1) is 18.2. The van der Waals surface area contributed by atoms with E-state index < -0.39 is 0 Å². The SMILES string of the molecule is C[c-]1cccc1.C[c-]1cccc1.C[c-]1cccc1.[La+3]. The zero-order valence-electron chi connectivity index (χ0n) is 12.0. The first-order valence-electron chi connectivity index (χ1n) is 6.23. The molecule has 0 heterocycles. The van der Waals surface area contributed by atoms with Gasteiger partial charge in [0.15, 0.2) is 0 Å². The summed E-state index contributed by atoms with van der Waals surface area (Å²) >= 11 is 0. The van der Waals surface area contributed by atoms with Crippen molar-refractivity contribution in [3.8, 4) is 0 Å². The van der Waals surface area contributed by atoms with Crippen LogP contribution in [0, 0.1) is 56.4 Å². The molecule has 0 aliphatic rings. The molecular formula is C18H21La. The number of hydrogen-bond acceptors (Lipinski definition) is 0. The maximum Gasteiger partial charge on any atom is 3.00 e. The largest absolute Gasteiger partial charge is 3.00 e. The average molecular weight is 376 g/mol. The van der Waals surface area contributed by atoms with Crippen LogP contribution in [0.25, 0.3) is 0 Å². The average Bonchev–Trinajstić information content (AvgIpc) is 3.05. The third-order valence-corrected chi connectivity index (χ3v) is 2.49. The van der Waals surface area contributed by atoms with Crippen molar-refractivity contribution in [1.29, 1.82) is 0 Å². The van der Waals surface area contributed by atoms with Crippen molar-refractivity contribution < 1.29 is 35.6 Å². The molecule has 0 bridgehead atoms. The van der Waals surface area contributed by atoms with Crippen molar-refractivity contribution in [3.63, 3.8) is 0 Å². The van der Waals surface area contributed by atoms with Crippen LogP contribution in [0.5, 0.6) is 0 Å². The van der Waals surface area contributed by atoms with Crippen molar-refractivity contribution in [1.82, 2.24) is 0 Å². The molecule has 3 aromatic carbocycles. The maximum absolute atomic E-state index is 2.08. The standard InChI is InChI=1S/3C6H7.La/c3*1-6-4-2-3-5-6;/h3*2-5H,1H3;/q3*-1;+3. The topological polar surface area (TPSA) is 0 Å². The predicted octanol–water partition coefficient (Wildman–Crippen LogP) is 5.14. The minimum atomic E-state index is 0. The summed E-state index contributed by atoms with van der Waals surface area (Å²) in [6, 6.07) is 24.7. The van der Waals surface area contributed by atoms with Gasteiger partial charge in [0, 0.05) is 0 Å². The molecule has 0 aliphatic carbocycles. The van der Waals surface area contributed by atoms with Crippen LogP contribution >= 0.6 is 0 Å². The van der Waals surface area contributed by atoms with Crippen LogP contribution in [0.15, 0.2) is 72.8 Å². The summed E-state index contributed by atoms with van der Waals surface area (Å²) in [5.41, 5.74) is 4.03. The van der Waals surface area contributed by atoms with Gasteiger partial charge >= 0.3 is 35.6 Å². The Bertz CT molecular complexity index is 393. The monoisotopic (exact) mass is 376 g/mol. The van der Waals surface area contributed by atoms with Crippen LogP contribution in [0.2, 0.25) is 0 Å². The zero-order valence-corrected chi connectivity index (χ0v) is 15.6. The van der Waals surface area contributed by atoms with Crippen molar-refractivity contribution in [3.05, 3.63) is 89.5 Å². The van der Waals surface area contributed by atoms with Gasteiger partial charge in [-0.3, -0.25) is 0 Å². The molecule has 0 unspecified atom stereocenters. The predicted molar refractivity (Wildman–Crippen MR) is 80.3 cm³/mol. The van der Waals surface area contributed by atoms with Crippen LogP contribution in [0.1, 0.15) is 16.7 Å². The van der Waals surface area contributed by atoms with Gasteiger partial charge in [-0.25, -0.2) is 36.4 Å². The van der Waals surface area contributed by atoms with E-state index in [1.165, 1.54) is 16.7 Å². The molecule has 0 radical (unpaired) electrons. The molecule has 1 heteroatoms. The Morgan fingerprint density at radius 1 is 0.421 bits per heavy atom. The van der Waals surface area contributed by atoms with Gasteiger partial charge in [-0.1, -0.05) is 20.8 Å². The van der Waals surface area contributed by atoms with E-state index in [1.807, 2.05) is 36.4 Å². The van der Waals surface area contributed by atoms with E-state index in [9.17, 15) is 0 Å². The molecule has 96 valence electrons. The minimum Gasteiger partial charge on any atom is -0.213 e. The molecule has 0 amide bonds. The molecule has 3 rings (SSSR count). The summed E-state index contributed by atoms with van der Waals surface area (Å²) in [7, 11) is 0. The van der Waals surface area contributed by atoms with E-state index in [4.69, 9.17) is 0 Å². The van der Waals surface area contributed by atoms with Crippen molar-refractivity contribution >= 4 is 0 Å². The molecule has 0 spiro atoms. The first-order valence-corrected chi connectivity index (χ1v) is 6.23. The van der Waals surface area contributed by atoms with E-state index in [0.29, 0.717) is 0 Å². The summed E-state index contributed by atoms with van der Waals surface area (Å²) in [5.74, 6) is 0. The summed E-state index contributed by atoms with van der Waals surface area (Å²) in [4.78, 5) is 0. The van der Waals surface area contributed by atoms with E-state index in [-0.39, 0.29) is 35.6 Å². The number of rotatable bonds is 0. The second-order valence-corrected chi connectivity index (χ2v) is 4.39. The van der Waals surface area contributed by atoms with Gasteiger partial charge in [-0.05, 0) is 0 Å². The minimum absolute atomic E-state index is 0. The molecule has 0 N–H and O–H groups in total. The molecular weight excluding hydrogens is 355 g/mol. The Morgan fingerprint density at radius 3 is 0.632 bits per heavy atom. The molecule has 0 saturated carbocycles. The Kier molecular flexibility index (Phi) is 10.7. The van der Waals surface area contributed by atoms with Crippen LogP contribution < -0.4 is 0 Å². The maximum atomic E-state index is 2.08. The van der Waals surface area contributed by atoms with Crippen molar-refractivity contribution in [2.24, 2.45) is 0 Å². The fourth-order valence-corrected chi connectivity index (χ4v) is 1.41. The first-order chi connectivity index (χ1) is 8.68. The Labute approximate surface area is 145 Å². The van der Waals surface area contributed by atoms with Crippen molar-refractivity contribution in [2.75, 3.05) is 0 Å². The molecule has 0 aliphatic heterocycles. The van der Waals surface area contributed by atoms with Crippen LogP contribution in [0.3, 0.4) is 0 Å². The van der Waals surface area contributed by atoms with E-state index in [1.54, 1.807) is 0 Å². The molecule has 19 heavy (non-hydrogen) atoms. The third kappa shape index (κ3) is 9.78. The second kappa shape index (κ2) is 11.1. The summed E-state index contributed by atoms with van der Waals surface area (Å²) in [5, 5.41) is 0. The number of aryl methyl sites for hydroxylation is 3. The second-order valence-electron chi connectivity index (χ2n) is 4.39. The summed E-state index contributed by atoms with van der Waals surface area (Å²) in [6.45, 7) is 6.25. The Balaban J connectivity index is 0.000000249. The smallest absolute Gasteiger partial charge is 0.213 e. The number of hydrogen-bond donors (Lipinski definition) is 0. The normalized spacial score (nSPS) is 8.37. The van der Waals surface area contributed by atoms with Gasteiger partial charge in [-0.15, -0.1) is 0 Å². The molecule has 0 atom stereocenters. The van der Waals surface area contributed by atoms with Gasteiger partial charge in [0.05, 0.1) is 0 Å². The van der Waals surface area contributed by atoms with Crippen LogP contribution in [-0.4, -0.2) is 0 Å². The molecule has 0 nitrogen and oxygen atoms in total. The van der Waals surface area contributed by atoms with Gasteiger partial charge in [0.1, 0.15) is 0 Å². The Hall–Kier alpha value is -0.755. The van der Waals surface area contributed by atoms with Gasteiger partial charge < -0.3 is 0 Å². The van der Waals surface area contributed by atoms with Gasteiger partial charge in [0.25, 0.3) is 0 Å². The fourth-order valence-electron chi connectivity index (χ4n) is 1.41.